The molecule has 140 valence electrons. The average molecular weight is 395 g/mol. The van der Waals surface area contributed by atoms with Crippen LogP contribution in [0.3, 0.4) is 0 Å². The number of para-hydroxylation sites is 1. The second kappa shape index (κ2) is 9.70. The van der Waals surface area contributed by atoms with Crippen LogP contribution in [0.25, 0.3) is 6.08 Å². The minimum atomic E-state index is -0.205. The molecule has 1 heterocycles. The van der Waals surface area contributed by atoms with E-state index in [1.165, 1.54) is 16.7 Å². The van der Waals surface area contributed by atoms with E-state index in [0.29, 0.717) is 28.1 Å². The maximum atomic E-state index is 12.6. The zero-order chi connectivity index (χ0) is 19.1. The van der Waals surface area contributed by atoms with Gasteiger partial charge in [-0.1, -0.05) is 42.2 Å². The Morgan fingerprint density at radius 1 is 1.42 bits per heavy atom. The maximum Gasteiger partial charge on any atom is 0.266 e. The van der Waals surface area contributed by atoms with Gasteiger partial charge in [-0.3, -0.25) is 14.5 Å². The van der Waals surface area contributed by atoms with Crippen molar-refractivity contribution < 1.29 is 19.4 Å². The van der Waals surface area contributed by atoms with Crippen LogP contribution in [0.4, 0.5) is 0 Å². The molecule has 0 unspecified atom stereocenters. The van der Waals surface area contributed by atoms with Crippen molar-refractivity contribution in [2.75, 3.05) is 33.4 Å². The quantitative estimate of drug-likeness (QED) is 0.538. The van der Waals surface area contributed by atoms with E-state index in [-0.39, 0.29) is 31.4 Å². The molecular weight excluding hydrogens is 372 g/mol. The highest BCUT2D eigenvalue weighted by molar-refractivity contribution is 8.26. The van der Waals surface area contributed by atoms with Gasteiger partial charge in [0.15, 0.2) is 0 Å². The van der Waals surface area contributed by atoms with Crippen molar-refractivity contribution in [2.24, 2.45) is 0 Å². The molecule has 1 fully saturated rings. The predicted octanol–water partition coefficient (Wildman–Crippen LogP) is 2.13. The summed E-state index contributed by atoms with van der Waals surface area (Å²) >= 11 is 6.52. The lowest BCUT2D eigenvalue weighted by molar-refractivity contribution is -0.132. The zero-order valence-electron chi connectivity index (χ0n) is 14.8. The van der Waals surface area contributed by atoms with Crippen molar-refractivity contribution in [3.63, 3.8) is 0 Å². The van der Waals surface area contributed by atoms with Crippen LogP contribution in [-0.2, 0) is 9.59 Å². The molecule has 1 aromatic rings. The first-order valence-corrected chi connectivity index (χ1v) is 9.51. The molecule has 1 aliphatic rings. The third kappa shape index (κ3) is 4.84. The van der Waals surface area contributed by atoms with Crippen molar-refractivity contribution >= 4 is 46.2 Å². The van der Waals surface area contributed by atoms with Gasteiger partial charge in [0.25, 0.3) is 5.91 Å². The monoisotopic (exact) mass is 394 g/mol. The molecule has 6 nitrogen and oxygen atoms in total. The number of hydrogen-bond acceptors (Lipinski definition) is 6. The van der Waals surface area contributed by atoms with Crippen LogP contribution >= 0.6 is 24.0 Å². The van der Waals surface area contributed by atoms with Crippen molar-refractivity contribution in [1.82, 2.24) is 9.80 Å². The lowest BCUT2D eigenvalue weighted by Crippen LogP contribution is -2.37. The lowest BCUT2D eigenvalue weighted by Gasteiger charge is -2.21. The third-order valence-electron chi connectivity index (χ3n) is 3.95. The van der Waals surface area contributed by atoms with E-state index >= 15 is 0 Å². The molecule has 1 aliphatic heterocycles. The summed E-state index contributed by atoms with van der Waals surface area (Å²) in [4.78, 5) is 28.3. The second-order valence-electron chi connectivity index (χ2n) is 5.52. The fourth-order valence-corrected chi connectivity index (χ4v) is 3.86. The van der Waals surface area contributed by atoms with E-state index in [9.17, 15) is 9.59 Å². The van der Waals surface area contributed by atoms with Gasteiger partial charge >= 0.3 is 0 Å². The number of likely N-dealkylation sites (N-methyl/N-ethyl adjacent to an activating group) is 1. The lowest BCUT2D eigenvalue weighted by atomic mass is 10.2. The van der Waals surface area contributed by atoms with Gasteiger partial charge < -0.3 is 14.7 Å². The summed E-state index contributed by atoms with van der Waals surface area (Å²) in [6.07, 6.45) is 1.92. The zero-order valence-corrected chi connectivity index (χ0v) is 16.4. The standard InChI is InChI=1S/C18H22N2O4S2/c1-3-19(10-11-21)16(22)8-9-20-17(23)15(26-18(20)25)12-13-6-4-5-7-14(13)24-2/h4-7,12,21H,3,8-11H2,1-2H3. The number of aliphatic hydroxyl groups excluding tert-OH is 1. The number of nitrogens with zero attached hydrogens (tertiary/aromatic N) is 2. The molecule has 0 atom stereocenters. The molecule has 0 spiro atoms. The van der Waals surface area contributed by atoms with Crippen LogP contribution in [-0.4, -0.2) is 64.4 Å². The molecule has 1 N–H and O–H groups in total. The van der Waals surface area contributed by atoms with E-state index in [2.05, 4.69) is 0 Å². The largest absolute Gasteiger partial charge is 0.496 e. The molecule has 26 heavy (non-hydrogen) atoms. The Morgan fingerprint density at radius 2 is 2.15 bits per heavy atom. The van der Waals surface area contributed by atoms with Crippen molar-refractivity contribution in [3.8, 4) is 5.75 Å². The minimum Gasteiger partial charge on any atom is -0.496 e. The van der Waals surface area contributed by atoms with Crippen molar-refractivity contribution in [1.29, 1.82) is 0 Å². The summed E-state index contributed by atoms with van der Waals surface area (Å²) in [6, 6.07) is 7.42. The first-order chi connectivity index (χ1) is 12.5. The van der Waals surface area contributed by atoms with E-state index in [0.717, 1.165) is 5.56 Å². The molecule has 1 aromatic carbocycles. The van der Waals surface area contributed by atoms with Gasteiger partial charge in [0.2, 0.25) is 5.91 Å². The van der Waals surface area contributed by atoms with Crippen LogP contribution in [0.15, 0.2) is 29.2 Å². The van der Waals surface area contributed by atoms with E-state index < -0.39 is 0 Å². The summed E-state index contributed by atoms with van der Waals surface area (Å²) < 4.78 is 5.74. The topological polar surface area (TPSA) is 70.1 Å². The maximum absolute atomic E-state index is 12.6. The number of ether oxygens (including phenoxy) is 1. The molecule has 1 saturated heterocycles. The first kappa shape index (κ1) is 20.4. The summed E-state index contributed by atoms with van der Waals surface area (Å²) in [5.41, 5.74) is 0.798. The number of amides is 2. The van der Waals surface area contributed by atoms with Crippen LogP contribution in [0.5, 0.6) is 5.75 Å². The first-order valence-electron chi connectivity index (χ1n) is 8.28. The Kier molecular flexibility index (Phi) is 7.62. The van der Waals surface area contributed by atoms with Gasteiger partial charge in [0.1, 0.15) is 10.1 Å². The normalized spacial score (nSPS) is 15.7. The average Bonchev–Trinajstić information content (AvgIpc) is 2.91. The summed E-state index contributed by atoms with van der Waals surface area (Å²) in [5, 5.41) is 9.00. The molecule has 2 rings (SSSR count). The molecule has 0 aromatic heterocycles. The molecular formula is C18H22N2O4S2. The fraction of sp³-hybridized carbons (Fsp3) is 0.389. The molecule has 0 radical (unpaired) electrons. The highest BCUT2D eigenvalue weighted by atomic mass is 32.2. The number of rotatable bonds is 8. The summed E-state index contributed by atoms with van der Waals surface area (Å²) in [6.45, 7) is 2.81. The third-order valence-corrected chi connectivity index (χ3v) is 5.33. The van der Waals surface area contributed by atoms with Crippen LogP contribution in [0.1, 0.15) is 18.9 Å². The van der Waals surface area contributed by atoms with E-state index in [1.54, 1.807) is 18.1 Å². The second-order valence-corrected chi connectivity index (χ2v) is 7.20. The van der Waals surface area contributed by atoms with Crippen molar-refractivity contribution in [3.05, 3.63) is 34.7 Å². The Morgan fingerprint density at radius 3 is 2.81 bits per heavy atom. The Balaban J connectivity index is 2.07. The Hall–Kier alpha value is -1.90. The molecule has 0 bridgehead atoms. The van der Waals surface area contributed by atoms with Crippen LogP contribution < -0.4 is 4.74 Å². The number of aliphatic hydroxyl groups is 1. The summed E-state index contributed by atoms with van der Waals surface area (Å²) in [5.74, 6) is 0.365. The number of carbonyl (C=O) groups is 2. The van der Waals surface area contributed by atoms with Crippen LogP contribution in [0.2, 0.25) is 0 Å². The van der Waals surface area contributed by atoms with Gasteiger partial charge in [0.05, 0.1) is 18.6 Å². The van der Waals surface area contributed by atoms with Gasteiger partial charge in [-0.05, 0) is 19.1 Å². The van der Waals surface area contributed by atoms with Gasteiger partial charge in [-0.25, -0.2) is 0 Å². The Bertz CT molecular complexity index is 721. The van der Waals surface area contributed by atoms with Gasteiger partial charge in [0, 0.05) is 31.6 Å². The van der Waals surface area contributed by atoms with E-state index in [4.69, 9.17) is 22.1 Å². The number of methoxy groups -OCH3 is 1. The highest BCUT2D eigenvalue weighted by Crippen LogP contribution is 2.34. The SMILES string of the molecule is CCN(CCO)C(=O)CCN1C(=O)C(=Cc2ccccc2OC)SC1=S. The number of carbonyl (C=O) groups excluding carboxylic acids is 2. The van der Waals surface area contributed by atoms with E-state index in [1.807, 2.05) is 31.2 Å². The smallest absolute Gasteiger partial charge is 0.266 e. The van der Waals surface area contributed by atoms with Crippen molar-refractivity contribution in [2.45, 2.75) is 13.3 Å². The molecule has 0 saturated carbocycles. The van der Waals surface area contributed by atoms with Gasteiger partial charge in [-0.2, -0.15) is 0 Å². The van der Waals surface area contributed by atoms with Crippen LogP contribution in [0, 0.1) is 0 Å². The minimum absolute atomic E-state index is 0.0811. The highest BCUT2D eigenvalue weighted by Gasteiger charge is 2.32. The Labute approximate surface area is 162 Å². The molecule has 8 heteroatoms. The fourth-order valence-electron chi connectivity index (χ4n) is 2.57. The molecule has 2 amide bonds. The number of hydrogen-bond donors (Lipinski definition) is 1. The number of benzene rings is 1. The number of thiocarbonyl (C=S) groups is 1. The van der Waals surface area contributed by atoms with Gasteiger partial charge in [-0.15, -0.1) is 0 Å². The number of thioether (sulfide) groups is 1. The predicted molar refractivity (Wildman–Crippen MR) is 107 cm³/mol. The summed E-state index contributed by atoms with van der Waals surface area (Å²) in [7, 11) is 1.58. The molecule has 0 aliphatic carbocycles.